The Balaban J connectivity index is 1.39. The number of carboxylic acids is 1. The largest absolute Gasteiger partial charge is 0.482 e. The fourth-order valence-corrected chi connectivity index (χ4v) is 4.55. The van der Waals surface area contributed by atoms with Crippen LogP contribution in [0.3, 0.4) is 0 Å². The molecule has 0 saturated carbocycles. The molecule has 1 saturated heterocycles. The normalized spacial score (nSPS) is 17.5. The van der Waals surface area contributed by atoms with Gasteiger partial charge in [0, 0.05) is 30.8 Å². The number of carboxylic acid groups (broad SMARTS) is 1. The fraction of sp³-hybridized carbons (Fsp3) is 0.273. The maximum Gasteiger partial charge on any atom is 0.341 e. The van der Waals surface area contributed by atoms with Crippen LogP contribution in [0.1, 0.15) is 15.9 Å². The summed E-state index contributed by atoms with van der Waals surface area (Å²) in [5, 5.41) is 16.1. The average molecular weight is 496 g/mol. The molecule has 5 rings (SSSR count). The molecule has 0 spiro atoms. The molecule has 2 aliphatic heterocycles. The number of aryl methyl sites for hydroxylation is 1. The second-order valence-electron chi connectivity index (χ2n) is 8.12. The van der Waals surface area contributed by atoms with Crippen molar-refractivity contribution in [2.24, 2.45) is 0 Å². The lowest BCUT2D eigenvalue weighted by atomic mass is 10.1. The van der Waals surface area contributed by atoms with E-state index in [9.17, 15) is 19.5 Å². The quantitative estimate of drug-likeness (QED) is 0.442. The predicted molar refractivity (Wildman–Crippen MR) is 128 cm³/mol. The van der Waals surface area contributed by atoms with E-state index < -0.39 is 17.4 Å². The zero-order valence-corrected chi connectivity index (χ0v) is 19.6. The summed E-state index contributed by atoms with van der Waals surface area (Å²) < 4.78 is 10.6. The summed E-state index contributed by atoms with van der Waals surface area (Å²) in [6.07, 6.45) is 7.84. The van der Waals surface area contributed by atoms with Crippen LogP contribution in [0.15, 0.2) is 47.5 Å². The fourth-order valence-electron chi connectivity index (χ4n) is 4.04. The van der Waals surface area contributed by atoms with Gasteiger partial charge in [0.05, 0.1) is 18.5 Å². The number of aromatic nitrogens is 4. The lowest BCUT2D eigenvalue weighted by Gasteiger charge is -2.41. The SMILES string of the molecule is COC1=CC=CC(C(=O)NC2CN(c3cc(C)c4c(=O)c(C(=O)O)cn(-c5ncns5)c4n3)C2)N1. The summed E-state index contributed by atoms with van der Waals surface area (Å²) in [4.78, 5) is 48.0. The molecule has 3 aromatic rings. The first-order valence-corrected chi connectivity index (χ1v) is 11.4. The molecule has 0 bridgehead atoms. The number of aromatic carboxylic acids is 1. The van der Waals surface area contributed by atoms with Gasteiger partial charge in [0.25, 0.3) is 0 Å². The first-order valence-electron chi connectivity index (χ1n) is 10.7. The molecule has 2 aliphatic rings. The molecule has 1 fully saturated rings. The number of dihydropyridines is 1. The van der Waals surface area contributed by atoms with E-state index in [0.29, 0.717) is 41.1 Å². The number of nitrogens with zero attached hydrogens (tertiary/aromatic N) is 5. The van der Waals surface area contributed by atoms with Crippen molar-refractivity contribution in [1.82, 2.24) is 29.5 Å². The summed E-state index contributed by atoms with van der Waals surface area (Å²) in [5.74, 6) is -0.356. The molecule has 3 aromatic heterocycles. The van der Waals surface area contributed by atoms with Crippen LogP contribution < -0.4 is 21.0 Å². The van der Waals surface area contributed by atoms with Crippen LogP contribution in [-0.4, -0.2) is 68.2 Å². The van der Waals surface area contributed by atoms with Gasteiger partial charge < -0.3 is 25.4 Å². The predicted octanol–water partition coefficient (Wildman–Crippen LogP) is 0.564. The van der Waals surface area contributed by atoms with Gasteiger partial charge in [-0.25, -0.2) is 14.8 Å². The minimum Gasteiger partial charge on any atom is -0.482 e. The van der Waals surface area contributed by atoms with E-state index in [1.165, 1.54) is 24.2 Å². The van der Waals surface area contributed by atoms with Crippen LogP contribution in [0, 0.1) is 6.92 Å². The molecule has 1 atom stereocenters. The maximum atomic E-state index is 12.9. The first kappa shape index (κ1) is 22.5. The Hall–Kier alpha value is -4.26. The van der Waals surface area contributed by atoms with E-state index in [1.807, 2.05) is 4.90 Å². The lowest BCUT2D eigenvalue weighted by molar-refractivity contribution is -0.123. The van der Waals surface area contributed by atoms with Crippen molar-refractivity contribution in [1.29, 1.82) is 0 Å². The molecule has 35 heavy (non-hydrogen) atoms. The standard InChI is InChI=1S/C22H21N7O5S/c1-11-6-15(28-7-12(8-28)25-20(31)14-4-3-5-16(26-14)34-2)27-19-17(11)18(30)13(21(32)33)9-29(19)22-23-10-24-35-22/h3-6,9-10,12,14,26H,7-8H2,1-2H3,(H,25,31)(H,32,33). The summed E-state index contributed by atoms with van der Waals surface area (Å²) in [5.41, 5.74) is -0.0704. The number of carbonyl (C=O) groups excluding carboxylic acids is 1. The number of hydrogen-bond donors (Lipinski definition) is 3. The third-order valence-electron chi connectivity index (χ3n) is 5.83. The lowest BCUT2D eigenvalue weighted by Crippen LogP contribution is -2.62. The van der Waals surface area contributed by atoms with Gasteiger partial charge >= 0.3 is 5.97 Å². The Labute approximate surface area is 202 Å². The second kappa shape index (κ2) is 8.83. The zero-order valence-electron chi connectivity index (χ0n) is 18.8. The van der Waals surface area contributed by atoms with Gasteiger partial charge in [-0.2, -0.15) is 4.37 Å². The number of anilines is 1. The third kappa shape index (κ3) is 4.10. The highest BCUT2D eigenvalue weighted by Crippen LogP contribution is 2.26. The number of carbonyl (C=O) groups is 2. The van der Waals surface area contributed by atoms with Crippen molar-refractivity contribution in [3.8, 4) is 5.13 Å². The highest BCUT2D eigenvalue weighted by molar-refractivity contribution is 7.08. The molecule has 3 N–H and O–H groups in total. The molecular formula is C22H21N7O5S. The Morgan fingerprint density at radius 2 is 2.14 bits per heavy atom. The van der Waals surface area contributed by atoms with Crippen molar-refractivity contribution in [2.75, 3.05) is 25.1 Å². The minimum atomic E-state index is -1.32. The van der Waals surface area contributed by atoms with Crippen LogP contribution in [0.4, 0.5) is 5.82 Å². The number of pyridine rings is 2. The topological polar surface area (TPSA) is 152 Å². The van der Waals surface area contributed by atoms with Crippen molar-refractivity contribution < 1.29 is 19.4 Å². The van der Waals surface area contributed by atoms with E-state index in [1.54, 1.807) is 31.2 Å². The van der Waals surface area contributed by atoms with E-state index in [2.05, 4.69) is 25.0 Å². The molecule has 5 heterocycles. The van der Waals surface area contributed by atoms with Gasteiger partial charge in [-0.15, -0.1) is 0 Å². The number of amides is 1. The summed E-state index contributed by atoms with van der Waals surface area (Å²) in [7, 11) is 1.53. The van der Waals surface area contributed by atoms with Crippen LogP contribution in [0.2, 0.25) is 0 Å². The van der Waals surface area contributed by atoms with Gasteiger partial charge in [0.1, 0.15) is 23.8 Å². The molecular weight excluding hydrogens is 474 g/mol. The molecule has 0 aromatic carbocycles. The van der Waals surface area contributed by atoms with E-state index in [4.69, 9.17) is 4.74 Å². The van der Waals surface area contributed by atoms with Crippen LogP contribution in [-0.2, 0) is 9.53 Å². The molecule has 12 nitrogen and oxygen atoms in total. The number of rotatable bonds is 6. The van der Waals surface area contributed by atoms with Crippen molar-refractivity contribution >= 4 is 40.3 Å². The number of nitrogens with one attached hydrogen (secondary N) is 2. The molecule has 1 amide bonds. The van der Waals surface area contributed by atoms with Gasteiger partial charge in [-0.1, -0.05) is 12.2 Å². The third-order valence-corrected chi connectivity index (χ3v) is 6.50. The van der Waals surface area contributed by atoms with Gasteiger partial charge in [0.2, 0.25) is 16.5 Å². The van der Waals surface area contributed by atoms with Gasteiger partial charge in [0.15, 0.2) is 11.5 Å². The summed E-state index contributed by atoms with van der Waals surface area (Å²) in [6.45, 7) is 2.80. The van der Waals surface area contributed by atoms with Crippen molar-refractivity contribution in [3.05, 3.63) is 64.1 Å². The van der Waals surface area contributed by atoms with Crippen molar-refractivity contribution in [2.45, 2.75) is 19.0 Å². The number of fused-ring (bicyclic) bond motifs is 1. The zero-order chi connectivity index (χ0) is 24.7. The number of allylic oxidation sites excluding steroid dienone is 2. The number of hydrogen-bond acceptors (Lipinski definition) is 10. The summed E-state index contributed by atoms with van der Waals surface area (Å²) in [6, 6.07) is 1.15. The Morgan fingerprint density at radius 1 is 1.34 bits per heavy atom. The highest BCUT2D eigenvalue weighted by atomic mass is 32.1. The Morgan fingerprint density at radius 3 is 2.83 bits per heavy atom. The van der Waals surface area contributed by atoms with Crippen LogP contribution >= 0.6 is 11.5 Å². The highest BCUT2D eigenvalue weighted by Gasteiger charge is 2.32. The second-order valence-corrected chi connectivity index (χ2v) is 8.88. The van der Waals surface area contributed by atoms with Crippen LogP contribution in [0.25, 0.3) is 16.2 Å². The summed E-state index contributed by atoms with van der Waals surface area (Å²) >= 11 is 1.06. The first-order chi connectivity index (χ1) is 16.9. The van der Waals surface area contributed by atoms with E-state index in [0.717, 1.165) is 11.5 Å². The van der Waals surface area contributed by atoms with Crippen molar-refractivity contribution in [3.63, 3.8) is 0 Å². The monoisotopic (exact) mass is 495 g/mol. The molecule has 0 aliphatic carbocycles. The van der Waals surface area contributed by atoms with Gasteiger partial charge in [-0.3, -0.25) is 14.2 Å². The molecule has 1 unspecified atom stereocenters. The van der Waals surface area contributed by atoms with Gasteiger partial charge in [-0.05, 0) is 24.6 Å². The number of ether oxygens (including phenoxy) is 1. The van der Waals surface area contributed by atoms with Crippen LogP contribution in [0.5, 0.6) is 0 Å². The molecule has 180 valence electrons. The Bertz CT molecular complexity index is 1440. The average Bonchev–Trinajstić information content (AvgIpc) is 3.35. The van der Waals surface area contributed by atoms with E-state index >= 15 is 0 Å². The maximum absolute atomic E-state index is 12.9. The van der Waals surface area contributed by atoms with E-state index in [-0.39, 0.29) is 22.9 Å². The molecule has 0 radical (unpaired) electrons. The molecule has 13 heteroatoms. The Kier molecular flexibility index (Phi) is 5.68. The smallest absolute Gasteiger partial charge is 0.341 e. The number of methoxy groups -OCH3 is 1. The minimum absolute atomic E-state index is 0.0767.